The fourth-order valence-electron chi connectivity index (χ4n) is 3.78. The van der Waals surface area contributed by atoms with Crippen LogP contribution in [0.5, 0.6) is 0 Å². The van der Waals surface area contributed by atoms with Gasteiger partial charge in [0.05, 0.1) is 11.6 Å². The van der Waals surface area contributed by atoms with Gasteiger partial charge in [-0.1, -0.05) is 24.3 Å². The van der Waals surface area contributed by atoms with Crippen molar-refractivity contribution in [1.29, 1.82) is 0 Å². The van der Waals surface area contributed by atoms with Crippen molar-refractivity contribution >= 4 is 17.7 Å². The molecule has 2 amide bonds. The first kappa shape index (κ1) is 21.8. The second-order valence-corrected chi connectivity index (χ2v) is 8.69. The number of nitrogens with zero attached hydrogens (tertiary/aromatic N) is 1. The lowest BCUT2D eigenvalue weighted by Gasteiger charge is -2.36. The summed E-state index contributed by atoms with van der Waals surface area (Å²) in [6.07, 6.45) is 2.20. The van der Waals surface area contributed by atoms with Crippen LogP contribution in [0.4, 0.5) is 14.9 Å². The number of anilines is 1. The molecule has 0 aliphatic carbocycles. The van der Waals surface area contributed by atoms with Gasteiger partial charge in [-0.05, 0) is 76.3 Å². The molecule has 1 aliphatic rings. The average Bonchev–Trinajstić information content (AvgIpc) is 2.67. The molecule has 1 fully saturated rings. The van der Waals surface area contributed by atoms with Crippen LogP contribution in [0, 0.1) is 12.7 Å². The lowest BCUT2D eigenvalue weighted by Crippen LogP contribution is -2.39. The van der Waals surface area contributed by atoms with Crippen LogP contribution in [0.3, 0.4) is 0 Å². The molecule has 3 rings (SSSR count). The highest BCUT2D eigenvalue weighted by atomic mass is 19.1. The van der Waals surface area contributed by atoms with Crippen LogP contribution >= 0.6 is 0 Å². The van der Waals surface area contributed by atoms with E-state index in [1.54, 1.807) is 36.1 Å². The summed E-state index contributed by atoms with van der Waals surface area (Å²) in [5.41, 5.74) is 1.80. The number of aryl methyl sites for hydroxylation is 1. The summed E-state index contributed by atoms with van der Waals surface area (Å²) in [5.74, 6) is -0.757. The molecule has 1 heterocycles. The SMILES string of the molecule is Cc1cccc(F)c1C(=O)N1CCCC[C@@H]1c1ccc(NC(=O)OC(C)(C)C)cc1. The van der Waals surface area contributed by atoms with Gasteiger partial charge in [-0.25, -0.2) is 9.18 Å². The van der Waals surface area contributed by atoms with Crippen molar-refractivity contribution < 1.29 is 18.7 Å². The summed E-state index contributed by atoms with van der Waals surface area (Å²) in [6.45, 7) is 7.77. The summed E-state index contributed by atoms with van der Waals surface area (Å²) >= 11 is 0. The minimum atomic E-state index is -0.572. The molecule has 2 aromatic carbocycles. The Bertz CT molecular complexity index is 899. The molecule has 5 nitrogen and oxygen atoms in total. The number of carbonyl (C=O) groups is 2. The Kier molecular flexibility index (Phi) is 6.44. The fraction of sp³-hybridized carbons (Fsp3) is 0.417. The molecule has 0 spiro atoms. The molecule has 160 valence electrons. The molecule has 2 aromatic rings. The quantitative estimate of drug-likeness (QED) is 0.688. The molecule has 0 unspecified atom stereocenters. The molecule has 1 N–H and O–H groups in total. The molecule has 0 bridgehead atoms. The minimum Gasteiger partial charge on any atom is -0.444 e. The molecular weight excluding hydrogens is 383 g/mol. The molecule has 0 aromatic heterocycles. The zero-order valence-electron chi connectivity index (χ0n) is 18.0. The third kappa shape index (κ3) is 5.17. The van der Waals surface area contributed by atoms with Gasteiger partial charge in [-0.2, -0.15) is 0 Å². The fourth-order valence-corrected chi connectivity index (χ4v) is 3.78. The summed E-state index contributed by atoms with van der Waals surface area (Å²) in [7, 11) is 0. The van der Waals surface area contributed by atoms with Gasteiger partial charge in [-0.15, -0.1) is 0 Å². The second-order valence-electron chi connectivity index (χ2n) is 8.69. The second kappa shape index (κ2) is 8.86. The summed E-state index contributed by atoms with van der Waals surface area (Å²) in [5, 5.41) is 2.71. The number of rotatable bonds is 3. The standard InChI is InChI=1S/C24H29FN2O3/c1-16-8-7-9-19(25)21(16)22(28)27-15-6-5-10-20(27)17-11-13-18(14-12-17)26-23(29)30-24(2,3)4/h7-9,11-14,20H,5-6,10,15H2,1-4H3,(H,26,29)/t20-/m1/s1. The minimum absolute atomic E-state index is 0.124. The van der Waals surface area contributed by atoms with Gasteiger partial charge in [0.25, 0.3) is 5.91 Å². The van der Waals surface area contributed by atoms with Crippen molar-refractivity contribution in [3.05, 3.63) is 65.0 Å². The lowest BCUT2D eigenvalue weighted by atomic mass is 9.93. The number of carbonyl (C=O) groups excluding carboxylic acids is 2. The highest BCUT2D eigenvalue weighted by Crippen LogP contribution is 2.33. The van der Waals surface area contributed by atoms with Crippen LogP contribution in [0.15, 0.2) is 42.5 Å². The Labute approximate surface area is 177 Å². The van der Waals surface area contributed by atoms with Crippen LogP contribution in [-0.4, -0.2) is 29.0 Å². The number of piperidine rings is 1. The van der Waals surface area contributed by atoms with E-state index in [-0.39, 0.29) is 17.5 Å². The van der Waals surface area contributed by atoms with Gasteiger partial charge in [-0.3, -0.25) is 10.1 Å². The van der Waals surface area contributed by atoms with Gasteiger partial charge in [0.1, 0.15) is 11.4 Å². The van der Waals surface area contributed by atoms with Gasteiger partial charge in [0, 0.05) is 12.2 Å². The van der Waals surface area contributed by atoms with E-state index < -0.39 is 17.5 Å². The zero-order valence-corrected chi connectivity index (χ0v) is 18.0. The highest BCUT2D eigenvalue weighted by molar-refractivity contribution is 5.96. The first-order valence-corrected chi connectivity index (χ1v) is 10.3. The van der Waals surface area contributed by atoms with E-state index in [0.29, 0.717) is 17.8 Å². The molecule has 1 aliphatic heterocycles. The number of nitrogens with one attached hydrogen (secondary N) is 1. The number of benzene rings is 2. The molecule has 0 radical (unpaired) electrons. The molecule has 30 heavy (non-hydrogen) atoms. The van der Waals surface area contributed by atoms with Crippen molar-refractivity contribution in [2.45, 2.75) is 58.6 Å². The van der Waals surface area contributed by atoms with Gasteiger partial charge >= 0.3 is 6.09 Å². The molecular formula is C24H29FN2O3. The van der Waals surface area contributed by atoms with Crippen LogP contribution in [0.2, 0.25) is 0 Å². The van der Waals surface area contributed by atoms with Crippen LogP contribution < -0.4 is 5.32 Å². The van der Waals surface area contributed by atoms with Crippen molar-refractivity contribution in [2.24, 2.45) is 0 Å². The predicted molar refractivity (Wildman–Crippen MR) is 115 cm³/mol. The maximum Gasteiger partial charge on any atom is 0.412 e. The Balaban J connectivity index is 1.78. The van der Waals surface area contributed by atoms with E-state index in [2.05, 4.69) is 5.32 Å². The smallest absolute Gasteiger partial charge is 0.412 e. The topological polar surface area (TPSA) is 58.6 Å². The molecule has 1 atom stereocenters. The molecule has 0 saturated carbocycles. The number of hydrogen-bond acceptors (Lipinski definition) is 3. The lowest BCUT2D eigenvalue weighted by molar-refractivity contribution is 0.0604. The summed E-state index contributed by atoms with van der Waals surface area (Å²) in [4.78, 5) is 26.9. The number of halogens is 1. The van der Waals surface area contributed by atoms with Gasteiger partial charge < -0.3 is 9.64 Å². The van der Waals surface area contributed by atoms with E-state index in [0.717, 1.165) is 24.8 Å². The van der Waals surface area contributed by atoms with E-state index in [1.807, 2.05) is 32.9 Å². The van der Waals surface area contributed by atoms with Crippen molar-refractivity contribution in [2.75, 3.05) is 11.9 Å². The van der Waals surface area contributed by atoms with E-state index in [4.69, 9.17) is 4.74 Å². The third-order valence-electron chi connectivity index (χ3n) is 5.14. The Hall–Kier alpha value is -2.89. The van der Waals surface area contributed by atoms with Crippen LogP contribution in [0.1, 0.15) is 67.6 Å². The number of amides is 2. The van der Waals surface area contributed by atoms with Crippen LogP contribution in [-0.2, 0) is 4.74 Å². The predicted octanol–water partition coefficient (Wildman–Crippen LogP) is 5.85. The maximum atomic E-state index is 14.4. The summed E-state index contributed by atoms with van der Waals surface area (Å²) < 4.78 is 19.6. The molecule has 1 saturated heterocycles. The Morgan fingerprint density at radius 2 is 1.80 bits per heavy atom. The van der Waals surface area contributed by atoms with E-state index in [1.165, 1.54) is 6.07 Å². The van der Waals surface area contributed by atoms with Crippen molar-refractivity contribution in [1.82, 2.24) is 4.90 Å². The van der Waals surface area contributed by atoms with Gasteiger partial charge in [0.15, 0.2) is 0 Å². The van der Waals surface area contributed by atoms with E-state index in [9.17, 15) is 14.0 Å². The zero-order chi connectivity index (χ0) is 21.9. The van der Waals surface area contributed by atoms with Crippen LogP contribution in [0.25, 0.3) is 0 Å². The normalized spacial score (nSPS) is 16.8. The van der Waals surface area contributed by atoms with Crippen molar-refractivity contribution in [3.8, 4) is 0 Å². The number of hydrogen-bond donors (Lipinski definition) is 1. The summed E-state index contributed by atoms with van der Waals surface area (Å²) in [6, 6.07) is 12.0. The maximum absolute atomic E-state index is 14.4. The van der Waals surface area contributed by atoms with Gasteiger partial charge in [0.2, 0.25) is 0 Å². The molecule has 6 heteroatoms. The first-order chi connectivity index (χ1) is 14.2. The van der Waals surface area contributed by atoms with Crippen molar-refractivity contribution in [3.63, 3.8) is 0 Å². The highest BCUT2D eigenvalue weighted by Gasteiger charge is 2.30. The number of likely N-dealkylation sites (tertiary alicyclic amines) is 1. The average molecular weight is 413 g/mol. The Morgan fingerprint density at radius 3 is 2.43 bits per heavy atom. The Morgan fingerprint density at radius 1 is 1.10 bits per heavy atom. The van der Waals surface area contributed by atoms with E-state index >= 15 is 0 Å². The largest absolute Gasteiger partial charge is 0.444 e. The number of ether oxygens (including phenoxy) is 1. The first-order valence-electron chi connectivity index (χ1n) is 10.3. The monoisotopic (exact) mass is 412 g/mol. The third-order valence-corrected chi connectivity index (χ3v) is 5.14.